The number of halogens is 3. The van der Waals surface area contributed by atoms with Crippen LogP contribution in [0.25, 0.3) is 11.0 Å². The van der Waals surface area contributed by atoms with Crippen LogP contribution < -0.4 is 11.2 Å². The third-order valence-electron chi connectivity index (χ3n) is 3.07. The number of rotatable bonds is 6. The highest BCUT2D eigenvalue weighted by Crippen LogP contribution is 2.22. The number of hydrogen-bond acceptors (Lipinski definition) is 6. The van der Waals surface area contributed by atoms with Crippen LogP contribution in [0.4, 0.5) is 13.2 Å². The van der Waals surface area contributed by atoms with Gasteiger partial charge in [0.15, 0.2) is 17.4 Å². The van der Waals surface area contributed by atoms with Crippen molar-refractivity contribution in [3.05, 3.63) is 26.5 Å². The van der Waals surface area contributed by atoms with Crippen LogP contribution in [0.5, 0.6) is 0 Å². The van der Waals surface area contributed by atoms with Gasteiger partial charge >= 0.3 is 17.8 Å². The summed E-state index contributed by atoms with van der Waals surface area (Å²) in [5, 5.41) is 3.76. The smallest absolute Gasteiger partial charge is 0.386 e. The highest BCUT2D eigenvalue weighted by atomic mass is 19.3. The molecule has 0 aliphatic heterocycles. The van der Waals surface area contributed by atoms with Crippen LogP contribution in [0.15, 0.2) is 9.59 Å². The zero-order chi connectivity index (χ0) is 18.1. The number of esters is 1. The van der Waals surface area contributed by atoms with Gasteiger partial charge in [0.1, 0.15) is 5.52 Å². The molecule has 0 aliphatic carbocycles. The highest BCUT2D eigenvalue weighted by Gasteiger charge is 2.38. The van der Waals surface area contributed by atoms with Crippen molar-refractivity contribution < 1.29 is 27.4 Å². The fourth-order valence-corrected chi connectivity index (χ4v) is 1.90. The Kier molecular flexibility index (Phi) is 4.78. The molecule has 2 aromatic rings. The summed E-state index contributed by atoms with van der Waals surface area (Å²) in [6.07, 6.45) is -6.54. The summed E-state index contributed by atoms with van der Waals surface area (Å²) < 4.78 is 48.3. The maximum absolute atomic E-state index is 13.1. The molecule has 0 fully saturated rings. The normalized spacial score (nSPS) is 13.2. The number of carbonyl (C=O) groups is 1. The van der Waals surface area contributed by atoms with Crippen LogP contribution in [-0.2, 0) is 16.0 Å². The molecular formula is C12H13F3N4O5. The number of methoxy groups -OCH3 is 1. The largest absolute Gasteiger partial charge is 0.464 e. The first kappa shape index (κ1) is 17.7. The third-order valence-corrected chi connectivity index (χ3v) is 3.07. The summed E-state index contributed by atoms with van der Waals surface area (Å²) >= 11 is 0. The van der Waals surface area contributed by atoms with Gasteiger partial charge in [0.25, 0.3) is 5.56 Å². The molecule has 2 heterocycles. The van der Waals surface area contributed by atoms with Crippen LogP contribution >= 0.6 is 0 Å². The van der Waals surface area contributed by atoms with Crippen LogP contribution in [0, 0.1) is 0 Å². The van der Waals surface area contributed by atoms with E-state index in [0.717, 1.165) is 11.8 Å². The Bertz CT molecular complexity index is 870. The molecule has 9 nitrogen and oxygen atoms in total. The number of alkyl halides is 3. The molecule has 0 bridgehead atoms. The monoisotopic (exact) mass is 350 g/mol. The highest BCUT2D eigenvalue weighted by molar-refractivity contribution is 5.99. The molecule has 132 valence electrons. The maximum atomic E-state index is 13.1. The molecule has 0 amide bonds. The zero-order valence-corrected chi connectivity index (χ0v) is 12.6. The minimum Gasteiger partial charge on any atom is -0.464 e. The molecule has 0 radical (unpaired) electrons. The molecular weight excluding hydrogens is 337 g/mol. The number of hydrogen-bond donors (Lipinski definition) is 2. The lowest BCUT2D eigenvalue weighted by molar-refractivity contribution is -0.270. The third kappa shape index (κ3) is 3.32. The first-order valence-corrected chi connectivity index (χ1v) is 6.64. The van der Waals surface area contributed by atoms with Crippen LogP contribution in [0.1, 0.15) is 17.4 Å². The van der Waals surface area contributed by atoms with E-state index in [4.69, 9.17) is 0 Å². The molecule has 0 aromatic carbocycles. The number of fused-ring (bicyclic) bond motifs is 1. The van der Waals surface area contributed by atoms with E-state index in [0.29, 0.717) is 6.92 Å². The Balaban J connectivity index is 2.39. The summed E-state index contributed by atoms with van der Waals surface area (Å²) in [7, 11) is 1.06. The van der Waals surface area contributed by atoms with Gasteiger partial charge in [-0.25, -0.2) is 14.0 Å². The van der Waals surface area contributed by atoms with Gasteiger partial charge in [-0.2, -0.15) is 13.9 Å². The fraction of sp³-hybridized carbons (Fsp3) is 0.500. The molecule has 0 spiro atoms. The van der Waals surface area contributed by atoms with Crippen LogP contribution in [-0.4, -0.2) is 51.7 Å². The first-order chi connectivity index (χ1) is 11.2. The summed E-state index contributed by atoms with van der Waals surface area (Å²) in [6.45, 7) is -0.462. The number of H-pyrrole nitrogens is 2. The van der Waals surface area contributed by atoms with E-state index in [9.17, 15) is 27.6 Å². The maximum Gasteiger partial charge on any atom is 0.386 e. The molecule has 2 rings (SSSR count). The second-order valence-corrected chi connectivity index (χ2v) is 4.72. The Morgan fingerprint density at radius 3 is 2.62 bits per heavy atom. The second kappa shape index (κ2) is 6.47. The van der Waals surface area contributed by atoms with Crippen molar-refractivity contribution in [2.75, 3.05) is 13.7 Å². The van der Waals surface area contributed by atoms with E-state index in [-0.39, 0.29) is 16.7 Å². The lowest BCUT2D eigenvalue weighted by Gasteiger charge is -2.17. The van der Waals surface area contributed by atoms with Crippen molar-refractivity contribution in [1.29, 1.82) is 0 Å². The molecule has 0 saturated carbocycles. The van der Waals surface area contributed by atoms with Crippen molar-refractivity contribution in [2.24, 2.45) is 0 Å². The quantitative estimate of drug-likeness (QED) is 0.717. The lowest BCUT2D eigenvalue weighted by atomic mass is 10.3. The van der Waals surface area contributed by atoms with Crippen molar-refractivity contribution in [3.8, 4) is 0 Å². The fourth-order valence-electron chi connectivity index (χ4n) is 1.90. The molecule has 1 unspecified atom stereocenters. The van der Waals surface area contributed by atoms with E-state index in [1.54, 1.807) is 0 Å². The van der Waals surface area contributed by atoms with Crippen LogP contribution in [0.3, 0.4) is 0 Å². The number of nitrogens with zero attached hydrogens (tertiary/aromatic N) is 2. The van der Waals surface area contributed by atoms with Gasteiger partial charge in [-0.1, -0.05) is 0 Å². The minimum atomic E-state index is -4.01. The van der Waals surface area contributed by atoms with E-state index in [1.807, 2.05) is 4.98 Å². The summed E-state index contributed by atoms with van der Waals surface area (Å²) in [4.78, 5) is 39.0. The minimum absolute atomic E-state index is 0.207. The average Bonchev–Trinajstić information content (AvgIpc) is 2.85. The number of carbonyl (C=O) groups excluding carboxylic acids is 1. The molecule has 2 aromatic heterocycles. The molecule has 0 saturated heterocycles. The van der Waals surface area contributed by atoms with Gasteiger partial charge in [-0.05, 0) is 6.92 Å². The predicted molar refractivity (Wildman–Crippen MR) is 73.8 cm³/mol. The van der Waals surface area contributed by atoms with Gasteiger partial charge in [-0.15, -0.1) is 0 Å². The Hall–Kier alpha value is -2.63. The summed E-state index contributed by atoms with van der Waals surface area (Å²) in [6, 6.07) is 0. The first-order valence-electron chi connectivity index (χ1n) is 6.64. The van der Waals surface area contributed by atoms with Crippen molar-refractivity contribution in [2.45, 2.75) is 25.7 Å². The molecule has 0 aliphatic rings. The number of ether oxygens (including phenoxy) is 2. The van der Waals surface area contributed by atoms with Crippen molar-refractivity contribution in [1.82, 2.24) is 19.7 Å². The Morgan fingerprint density at radius 2 is 2.04 bits per heavy atom. The van der Waals surface area contributed by atoms with Gasteiger partial charge in [0.05, 0.1) is 20.3 Å². The number of nitrogens with one attached hydrogen (secondary N) is 2. The Labute approximate surface area is 131 Å². The predicted octanol–water partition coefficient (Wildman–Crippen LogP) is 0.167. The van der Waals surface area contributed by atoms with Crippen molar-refractivity contribution in [3.63, 3.8) is 0 Å². The van der Waals surface area contributed by atoms with Gasteiger partial charge < -0.3 is 14.5 Å². The van der Waals surface area contributed by atoms with E-state index >= 15 is 0 Å². The number of aromatic nitrogens is 4. The Morgan fingerprint density at radius 1 is 1.38 bits per heavy atom. The summed E-state index contributed by atoms with van der Waals surface area (Å²) in [5.41, 5.74) is -2.59. The number of aromatic amines is 2. The molecule has 1 atom stereocenters. The molecule has 12 heteroatoms. The van der Waals surface area contributed by atoms with Crippen molar-refractivity contribution >= 4 is 17.0 Å². The standard InChI is InChI=1S/C12H13F3N4O5/c1-5(13)12(14,15)24-4-3-19-8-6(7(18-19)10(21)23-2)16-11(22)17-9(8)20/h5H,3-4H2,1-2H3,(H2,16,17,20,22). The SMILES string of the molecule is COC(=O)c1nn(CCOC(F)(F)C(C)F)c2c(=O)[nH]c(=O)[nH]c12. The molecule has 2 N–H and O–H groups in total. The van der Waals surface area contributed by atoms with E-state index in [2.05, 4.69) is 19.6 Å². The topological polar surface area (TPSA) is 119 Å². The zero-order valence-electron chi connectivity index (χ0n) is 12.6. The average molecular weight is 350 g/mol. The second-order valence-electron chi connectivity index (χ2n) is 4.72. The summed E-state index contributed by atoms with van der Waals surface area (Å²) in [5.74, 6) is -0.941. The van der Waals surface area contributed by atoms with Gasteiger partial charge in [0.2, 0.25) is 0 Å². The lowest BCUT2D eigenvalue weighted by Crippen LogP contribution is -2.32. The van der Waals surface area contributed by atoms with E-state index < -0.39 is 42.7 Å². The van der Waals surface area contributed by atoms with Gasteiger partial charge in [0, 0.05) is 0 Å². The van der Waals surface area contributed by atoms with Crippen LogP contribution in [0.2, 0.25) is 0 Å². The van der Waals surface area contributed by atoms with E-state index in [1.165, 1.54) is 0 Å². The molecule has 24 heavy (non-hydrogen) atoms. The van der Waals surface area contributed by atoms with Gasteiger partial charge in [-0.3, -0.25) is 14.5 Å².